The van der Waals surface area contributed by atoms with Crippen LogP contribution in [0.1, 0.15) is 95.8 Å². The Morgan fingerprint density at radius 3 is 1.74 bits per heavy atom. The van der Waals surface area contributed by atoms with Crippen LogP contribution in [0.5, 0.6) is 0 Å². The molecule has 0 aliphatic rings. The lowest BCUT2D eigenvalue weighted by molar-refractivity contribution is 0.573. The van der Waals surface area contributed by atoms with E-state index in [0.29, 0.717) is 17.4 Å². The summed E-state index contributed by atoms with van der Waals surface area (Å²) in [7, 11) is -3.48. The molecule has 23 heavy (non-hydrogen) atoms. The Kier molecular flexibility index (Phi) is 7.28. The molecule has 1 aromatic rings. The van der Waals surface area contributed by atoms with Gasteiger partial charge in [-0.3, -0.25) is 0 Å². The molecule has 0 saturated heterocycles. The summed E-state index contributed by atoms with van der Waals surface area (Å²) in [6.45, 7) is 15.1. The summed E-state index contributed by atoms with van der Waals surface area (Å²) >= 11 is 0. The molecule has 1 aromatic carbocycles. The zero-order chi connectivity index (χ0) is 17.8. The molecule has 0 aromatic heterocycles. The first-order valence-corrected chi connectivity index (χ1v) is 10.3. The van der Waals surface area contributed by atoms with Gasteiger partial charge in [-0.2, -0.15) is 0 Å². The van der Waals surface area contributed by atoms with Gasteiger partial charge in [-0.15, -0.1) is 0 Å². The van der Waals surface area contributed by atoms with Crippen molar-refractivity contribution in [2.45, 2.75) is 84.0 Å². The number of rotatable bonds is 8. The first kappa shape index (κ1) is 20.2. The van der Waals surface area contributed by atoms with E-state index in [9.17, 15) is 8.42 Å². The van der Waals surface area contributed by atoms with E-state index >= 15 is 0 Å². The second kappa shape index (κ2) is 8.29. The molecule has 4 heteroatoms. The molecular weight excluding hydrogens is 306 g/mol. The number of benzene rings is 1. The Balaban J connectivity index is 3.54. The highest BCUT2D eigenvalue weighted by molar-refractivity contribution is 7.89. The van der Waals surface area contributed by atoms with Crippen LogP contribution < -0.4 is 4.72 Å². The van der Waals surface area contributed by atoms with E-state index in [1.807, 2.05) is 0 Å². The zero-order valence-corrected chi connectivity index (χ0v) is 16.5. The second-order valence-corrected chi connectivity index (χ2v) is 8.95. The van der Waals surface area contributed by atoms with Gasteiger partial charge in [0.15, 0.2) is 0 Å². The lowest BCUT2D eigenvalue weighted by Crippen LogP contribution is -2.27. The average molecular weight is 340 g/mol. The van der Waals surface area contributed by atoms with Crippen molar-refractivity contribution in [3.63, 3.8) is 0 Å². The number of unbranched alkanes of at least 4 members (excludes halogenated alkanes) is 1. The topological polar surface area (TPSA) is 46.2 Å². The van der Waals surface area contributed by atoms with Gasteiger partial charge in [0.25, 0.3) is 0 Å². The fraction of sp³-hybridized carbons (Fsp3) is 0.684. The van der Waals surface area contributed by atoms with E-state index in [2.05, 4.69) is 65.3 Å². The van der Waals surface area contributed by atoms with Gasteiger partial charge in [0.05, 0.1) is 4.90 Å². The zero-order valence-electron chi connectivity index (χ0n) is 15.7. The van der Waals surface area contributed by atoms with Crippen molar-refractivity contribution in [3.8, 4) is 0 Å². The van der Waals surface area contributed by atoms with Crippen LogP contribution in [-0.2, 0) is 10.0 Å². The molecule has 0 spiro atoms. The maximum absolute atomic E-state index is 12.9. The predicted molar refractivity (Wildman–Crippen MR) is 98.8 cm³/mol. The lowest BCUT2D eigenvalue weighted by Gasteiger charge is -2.23. The van der Waals surface area contributed by atoms with Gasteiger partial charge in [-0.05, 0) is 40.9 Å². The summed E-state index contributed by atoms with van der Waals surface area (Å²) in [5, 5.41) is 0. The van der Waals surface area contributed by atoms with Crippen LogP contribution >= 0.6 is 0 Å². The minimum absolute atomic E-state index is 0.170. The summed E-state index contributed by atoms with van der Waals surface area (Å²) in [6.07, 6.45) is 1.83. The molecule has 3 nitrogen and oxygen atoms in total. The minimum Gasteiger partial charge on any atom is -0.211 e. The van der Waals surface area contributed by atoms with Crippen LogP contribution in [0.25, 0.3) is 0 Å². The van der Waals surface area contributed by atoms with Crippen molar-refractivity contribution in [2.75, 3.05) is 6.54 Å². The minimum atomic E-state index is -3.48. The average Bonchev–Trinajstić information content (AvgIpc) is 2.45. The summed E-state index contributed by atoms with van der Waals surface area (Å²) in [4.78, 5) is 0.503. The fourth-order valence-corrected chi connectivity index (χ4v) is 4.42. The van der Waals surface area contributed by atoms with Crippen molar-refractivity contribution in [1.29, 1.82) is 0 Å². The van der Waals surface area contributed by atoms with Crippen molar-refractivity contribution >= 4 is 10.0 Å². The number of hydrogen-bond acceptors (Lipinski definition) is 2. The van der Waals surface area contributed by atoms with Gasteiger partial charge in [0.1, 0.15) is 0 Å². The molecule has 0 aliphatic heterocycles. The summed E-state index contributed by atoms with van der Waals surface area (Å²) in [5.74, 6) is 0.725. The number of nitrogens with one attached hydrogen (secondary N) is 1. The summed E-state index contributed by atoms with van der Waals surface area (Å²) < 4.78 is 28.6. The van der Waals surface area contributed by atoms with Gasteiger partial charge >= 0.3 is 0 Å². The quantitative estimate of drug-likeness (QED) is 0.667. The Labute approximate surface area is 142 Å². The van der Waals surface area contributed by atoms with Crippen LogP contribution in [0.15, 0.2) is 17.0 Å². The van der Waals surface area contributed by atoms with Gasteiger partial charge in [-0.1, -0.05) is 67.0 Å². The van der Waals surface area contributed by atoms with Crippen LogP contribution in [-0.4, -0.2) is 15.0 Å². The summed E-state index contributed by atoms with van der Waals surface area (Å²) in [6, 6.07) is 4.16. The Morgan fingerprint density at radius 1 is 0.913 bits per heavy atom. The molecule has 0 heterocycles. The molecule has 0 bridgehead atoms. The first-order chi connectivity index (χ1) is 10.6. The fourth-order valence-electron chi connectivity index (χ4n) is 2.66. The molecule has 0 aliphatic carbocycles. The van der Waals surface area contributed by atoms with Crippen LogP contribution in [0.2, 0.25) is 0 Å². The molecule has 0 fully saturated rings. The van der Waals surface area contributed by atoms with Gasteiger partial charge < -0.3 is 0 Å². The highest BCUT2D eigenvalue weighted by atomic mass is 32.2. The van der Waals surface area contributed by atoms with Crippen LogP contribution in [0.4, 0.5) is 0 Å². The first-order valence-electron chi connectivity index (χ1n) is 8.79. The Hall–Kier alpha value is -0.870. The van der Waals surface area contributed by atoms with Crippen molar-refractivity contribution in [1.82, 2.24) is 4.72 Å². The molecule has 0 unspecified atom stereocenters. The van der Waals surface area contributed by atoms with E-state index < -0.39 is 10.0 Å². The monoisotopic (exact) mass is 339 g/mol. The van der Waals surface area contributed by atoms with E-state index in [-0.39, 0.29) is 11.8 Å². The van der Waals surface area contributed by atoms with E-state index in [1.54, 1.807) is 0 Å². The maximum Gasteiger partial charge on any atom is 0.241 e. The molecule has 132 valence electrons. The normalized spacial score (nSPS) is 12.6. The molecule has 0 amide bonds. The smallest absolute Gasteiger partial charge is 0.211 e. The number of hydrogen-bond donors (Lipinski definition) is 1. The predicted octanol–water partition coefficient (Wildman–Crippen LogP) is 5.14. The van der Waals surface area contributed by atoms with Crippen LogP contribution in [0.3, 0.4) is 0 Å². The van der Waals surface area contributed by atoms with Gasteiger partial charge in [-0.25, -0.2) is 13.1 Å². The third-order valence-corrected chi connectivity index (χ3v) is 5.76. The molecular formula is C19H33NO2S. The van der Waals surface area contributed by atoms with Crippen molar-refractivity contribution in [3.05, 3.63) is 28.8 Å². The van der Waals surface area contributed by atoms with E-state index in [4.69, 9.17) is 0 Å². The van der Waals surface area contributed by atoms with E-state index in [1.165, 1.54) is 5.56 Å². The largest absolute Gasteiger partial charge is 0.241 e. The molecule has 0 saturated carbocycles. The highest BCUT2D eigenvalue weighted by Gasteiger charge is 2.26. The molecule has 0 atom stereocenters. The summed E-state index contributed by atoms with van der Waals surface area (Å²) in [5.41, 5.74) is 3.08. The second-order valence-electron chi connectivity index (χ2n) is 7.24. The van der Waals surface area contributed by atoms with Crippen molar-refractivity contribution < 1.29 is 8.42 Å². The lowest BCUT2D eigenvalue weighted by atomic mass is 9.89. The third kappa shape index (κ3) is 5.05. The molecule has 1 rings (SSSR count). The maximum atomic E-state index is 12.9. The highest BCUT2D eigenvalue weighted by Crippen LogP contribution is 2.34. The van der Waals surface area contributed by atoms with Gasteiger partial charge in [0, 0.05) is 6.54 Å². The van der Waals surface area contributed by atoms with Crippen LogP contribution in [0, 0.1) is 0 Å². The molecule has 0 radical (unpaired) electrons. The van der Waals surface area contributed by atoms with Gasteiger partial charge in [0.2, 0.25) is 10.0 Å². The number of sulfonamides is 1. The standard InChI is InChI=1S/C19H33NO2S/c1-8-9-10-20-23(21,22)19-17(14(4)5)11-16(13(2)3)12-18(19)15(6)7/h11-15,20H,8-10H2,1-7H3. The Bertz CT molecular complexity index is 587. The third-order valence-electron chi connectivity index (χ3n) is 4.17. The Morgan fingerprint density at radius 2 is 1.39 bits per heavy atom. The van der Waals surface area contributed by atoms with Crippen molar-refractivity contribution in [2.24, 2.45) is 0 Å². The molecule has 1 N–H and O–H groups in total. The SMILES string of the molecule is CCCCNS(=O)(=O)c1c(C(C)C)cc(C(C)C)cc1C(C)C. The van der Waals surface area contributed by atoms with E-state index in [0.717, 1.165) is 24.0 Å².